The van der Waals surface area contributed by atoms with Crippen molar-refractivity contribution in [2.75, 3.05) is 43.1 Å². The molecule has 0 radical (unpaired) electrons. The number of likely N-dealkylation sites (tertiary alicyclic amines) is 1. The molecule has 1 aromatic rings. The first-order valence-corrected chi connectivity index (χ1v) is 10.1. The highest BCUT2D eigenvalue weighted by Crippen LogP contribution is 2.22. The summed E-state index contributed by atoms with van der Waals surface area (Å²) >= 11 is 0. The van der Waals surface area contributed by atoms with E-state index in [1.54, 1.807) is 4.90 Å². The fourth-order valence-corrected chi connectivity index (χ4v) is 3.53. The Morgan fingerprint density at radius 1 is 1.14 bits per heavy atom. The number of ether oxygens (including phenoxy) is 2. The maximum Gasteiger partial charge on any atom is 0.312 e. The number of amides is 2. The van der Waals surface area contributed by atoms with Crippen LogP contribution in [0.25, 0.3) is 0 Å². The normalized spacial score (nSPS) is 20.7. The van der Waals surface area contributed by atoms with Crippen LogP contribution in [0, 0.1) is 5.92 Å². The number of hydrogen-bond donors (Lipinski definition) is 1. The standard InChI is InChI=1S/C21H29N3O5/c1-14(2)24-13-16(12-19(24)25)21(27)29-15(3)20(26)22-17-4-6-18(7-5-17)23-8-10-28-11-9-23/h4-7,14-16H,8-13H2,1-3H3,(H,22,26). The number of morpholine rings is 1. The number of carbonyl (C=O) groups is 3. The van der Waals surface area contributed by atoms with Crippen molar-refractivity contribution in [2.24, 2.45) is 5.92 Å². The quantitative estimate of drug-likeness (QED) is 0.727. The fraction of sp³-hybridized carbons (Fsp3) is 0.571. The predicted octanol–water partition coefficient (Wildman–Crippen LogP) is 1.65. The Labute approximate surface area is 171 Å². The minimum Gasteiger partial charge on any atom is -0.452 e. The lowest BCUT2D eigenvalue weighted by molar-refractivity contribution is -0.157. The summed E-state index contributed by atoms with van der Waals surface area (Å²) in [6, 6.07) is 7.59. The molecule has 29 heavy (non-hydrogen) atoms. The van der Waals surface area contributed by atoms with Crippen LogP contribution < -0.4 is 10.2 Å². The van der Waals surface area contributed by atoms with Gasteiger partial charge in [0.05, 0.1) is 19.1 Å². The van der Waals surface area contributed by atoms with Crippen molar-refractivity contribution in [3.8, 4) is 0 Å². The van der Waals surface area contributed by atoms with Crippen molar-refractivity contribution in [3.63, 3.8) is 0 Å². The third-order valence-corrected chi connectivity index (χ3v) is 5.29. The molecule has 8 heteroatoms. The van der Waals surface area contributed by atoms with Gasteiger partial charge in [0.1, 0.15) is 0 Å². The highest BCUT2D eigenvalue weighted by molar-refractivity contribution is 5.96. The van der Waals surface area contributed by atoms with E-state index in [0.717, 1.165) is 18.8 Å². The summed E-state index contributed by atoms with van der Waals surface area (Å²) in [5.74, 6) is -1.48. The van der Waals surface area contributed by atoms with Gasteiger partial charge in [0.2, 0.25) is 5.91 Å². The second-order valence-electron chi connectivity index (χ2n) is 7.76. The van der Waals surface area contributed by atoms with E-state index in [9.17, 15) is 14.4 Å². The smallest absolute Gasteiger partial charge is 0.312 e. The SMILES string of the molecule is CC(OC(=O)C1CC(=O)N(C(C)C)C1)C(=O)Nc1ccc(N2CCOCC2)cc1. The molecule has 2 saturated heterocycles. The molecule has 3 rings (SSSR count). The van der Waals surface area contributed by atoms with Crippen LogP contribution in [-0.2, 0) is 23.9 Å². The molecule has 2 aliphatic rings. The van der Waals surface area contributed by atoms with E-state index < -0.39 is 23.9 Å². The Hall–Kier alpha value is -2.61. The fourth-order valence-electron chi connectivity index (χ4n) is 3.53. The van der Waals surface area contributed by atoms with Crippen molar-refractivity contribution in [3.05, 3.63) is 24.3 Å². The lowest BCUT2D eigenvalue weighted by atomic mass is 10.1. The number of rotatable bonds is 6. The van der Waals surface area contributed by atoms with E-state index in [1.165, 1.54) is 6.92 Å². The molecule has 1 N–H and O–H groups in total. The zero-order chi connectivity index (χ0) is 21.0. The molecule has 2 heterocycles. The van der Waals surface area contributed by atoms with Crippen molar-refractivity contribution in [2.45, 2.75) is 39.3 Å². The van der Waals surface area contributed by atoms with Crippen LogP contribution in [0.5, 0.6) is 0 Å². The summed E-state index contributed by atoms with van der Waals surface area (Å²) in [5.41, 5.74) is 1.71. The Morgan fingerprint density at radius 3 is 2.38 bits per heavy atom. The van der Waals surface area contributed by atoms with Gasteiger partial charge in [0.15, 0.2) is 6.10 Å². The van der Waals surface area contributed by atoms with Crippen molar-refractivity contribution >= 4 is 29.2 Å². The van der Waals surface area contributed by atoms with Crippen molar-refractivity contribution in [1.82, 2.24) is 4.90 Å². The van der Waals surface area contributed by atoms with E-state index in [0.29, 0.717) is 25.4 Å². The van der Waals surface area contributed by atoms with Crippen LogP contribution in [-0.4, -0.2) is 67.7 Å². The molecule has 0 aliphatic carbocycles. The molecule has 0 aromatic heterocycles. The molecule has 1 aromatic carbocycles. The highest BCUT2D eigenvalue weighted by atomic mass is 16.5. The lowest BCUT2D eigenvalue weighted by Crippen LogP contribution is -2.36. The highest BCUT2D eigenvalue weighted by Gasteiger charge is 2.37. The summed E-state index contributed by atoms with van der Waals surface area (Å²) in [6.45, 7) is 8.80. The van der Waals surface area contributed by atoms with E-state index in [-0.39, 0.29) is 18.4 Å². The molecule has 2 atom stereocenters. The minimum atomic E-state index is -0.940. The Bertz CT molecular complexity index is 743. The first kappa shape index (κ1) is 21.1. The topological polar surface area (TPSA) is 88.2 Å². The maximum atomic E-state index is 12.4. The number of hydrogen-bond acceptors (Lipinski definition) is 6. The lowest BCUT2D eigenvalue weighted by Gasteiger charge is -2.29. The van der Waals surface area contributed by atoms with Gasteiger partial charge < -0.3 is 24.6 Å². The zero-order valence-corrected chi connectivity index (χ0v) is 17.2. The van der Waals surface area contributed by atoms with Gasteiger partial charge in [-0.05, 0) is 45.0 Å². The number of nitrogens with zero attached hydrogens (tertiary/aromatic N) is 2. The monoisotopic (exact) mass is 403 g/mol. The van der Waals surface area contributed by atoms with Gasteiger partial charge in [-0.2, -0.15) is 0 Å². The first-order chi connectivity index (χ1) is 13.8. The van der Waals surface area contributed by atoms with E-state index >= 15 is 0 Å². The summed E-state index contributed by atoms with van der Waals surface area (Å²) in [5, 5.41) is 2.77. The first-order valence-electron chi connectivity index (χ1n) is 10.1. The average molecular weight is 403 g/mol. The van der Waals surface area contributed by atoms with E-state index in [1.807, 2.05) is 38.1 Å². The van der Waals surface area contributed by atoms with Gasteiger partial charge in [-0.25, -0.2) is 0 Å². The van der Waals surface area contributed by atoms with Crippen molar-refractivity contribution < 1.29 is 23.9 Å². The van der Waals surface area contributed by atoms with Gasteiger partial charge in [-0.15, -0.1) is 0 Å². The molecule has 0 bridgehead atoms. The Balaban J connectivity index is 1.50. The average Bonchev–Trinajstić information content (AvgIpc) is 3.11. The van der Waals surface area contributed by atoms with E-state index in [4.69, 9.17) is 9.47 Å². The molecule has 0 saturated carbocycles. The Kier molecular flexibility index (Phi) is 6.74. The summed E-state index contributed by atoms with van der Waals surface area (Å²) < 4.78 is 10.7. The molecular formula is C21H29N3O5. The van der Waals surface area contributed by atoms with Gasteiger partial charge in [-0.3, -0.25) is 14.4 Å². The summed E-state index contributed by atoms with van der Waals surface area (Å²) in [6.07, 6.45) is -0.807. The third-order valence-electron chi connectivity index (χ3n) is 5.29. The molecule has 2 aliphatic heterocycles. The second-order valence-corrected chi connectivity index (χ2v) is 7.76. The van der Waals surface area contributed by atoms with Crippen LogP contribution in [0.1, 0.15) is 27.2 Å². The van der Waals surface area contributed by atoms with Crippen LogP contribution in [0.3, 0.4) is 0 Å². The van der Waals surface area contributed by atoms with Crippen LogP contribution in [0.15, 0.2) is 24.3 Å². The maximum absolute atomic E-state index is 12.4. The van der Waals surface area contributed by atoms with Crippen LogP contribution >= 0.6 is 0 Å². The molecule has 158 valence electrons. The van der Waals surface area contributed by atoms with Gasteiger partial charge in [0.25, 0.3) is 5.91 Å². The van der Waals surface area contributed by atoms with Crippen molar-refractivity contribution in [1.29, 1.82) is 0 Å². The number of carbonyl (C=O) groups excluding carboxylic acids is 3. The molecule has 2 unspecified atom stereocenters. The molecule has 2 amide bonds. The minimum absolute atomic E-state index is 0.0430. The zero-order valence-electron chi connectivity index (χ0n) is 17.2. The molecular weight excluding hydrogens is 374 g/mol. The van der Waals surface area contributed by atoms with Crippen LogP contribution in [0.2, 0.25) is 0 Å². The summed E-state index contributed by atoms with van der Waals surface area (Å²) in [7, 11) is 0. The Morgan fingerprint density at radius 2 is 1.79 bits per heavy atom. The number of nitrogens with one attached hydrogen (secondary N) is 1. The molecule has 0 spiro atoms. The predicted molar refractivity (Wildman–Crippen MR) is 109 cm³/mol. The number of anilines is 2. The van der Waals surface area contributed by atoms with Gasteiger partial charge in [0, 0.05) is 43.5 Å². The van der Waals surface area contributed by atoms with E-state index in [2.05, 4.69) is 10.2 Å². The largest absolute Gasteiger partial charge is 0.452 e. The second kappa shape index (κ2) is 9.26. The number of benzene rings is 1. The summed E-state index contributed by atoms with van der Waals surface area (Å²) in [4.78, 5) is 40.6. The number of esters is 1. The molecule has 8 nitrogen and oxygen atoms in total. The van der Waals surface area contributed by atoms with Crippen LogP contribution in [0.4, 0.5) is 11.4 Å². The van der Waals surface area contributed by atoms with Gasteiger partial charge in [-0.1, -0.05) is 0 Å². The van der Waals surface area contributed by atoms with Gasteiger partial charge >= 0.3 is 5.97 Å². The molecule has 2 fully saturated rings. The third kappa shape index (κ3) is 5.26.